The van der Waals surface area contributed by atoms with Gasteiger partial charge in [-0.1, -0.05) is 0 Å². The lowest BCUT2D eigenvalue weighted by atomic mass is 10.0. The Balaban J connectivity index is 2.47. The van der Waals surface area contributed by atoms with Crippen LogP contribution in [0.1, 0.15) is 17.4 Å². The summed E-state index contributed by atoms with van der Waals surface area (Å²) < 4.78 is 17.7. The highest BCUT2D eigenvalue weighted by atomic mass is 18.2. The highest BCUT2D eigenvalue weighted by Crippen LogP contribution is 2.32. The quantitative estimate of drug-likeness (QED) is 0.424. The van der Waals surface area contributed by atoms with Crippen LogP contribution in [-0.4, -0.2) is 56.9 Å². The van der Waals surface area contributed by atoms with Crippen LogP contribution in [0.3, 0.4) is 0 Å². The van der Waals surface area contributed by atoms with Gasteiger partial charge in [0.25, 0.3) is 5.56 Å². The average Bonchev–Trinajstić information content (AvgIpc) is 2.66. The third-order valence-corrected chi connectivity index (χ3v) is 3.23. The van der Waals surface area contributed by atoms with Gasteiger partial charge in [-0.3, -0.25) is 14.2 Å². The average molecular weight is 289 g/mol. The zero-order valence-electron chi connectivity index (χ0n) is 10.4. The van der Waals surface area contributed by atoms with Crippen molar-refractivity contribution >= 4 is 0 Å². The molecule has 2 rings (SSSR count). The summed E-state index contributed by atoms with van der Waals surface area (Å²) in [5, 5.41) is 28.5. The van der Waals surface area contributed by atoms with Gasteiger partial charge in [-0.15, -0.1) is 0 Å². The lowest BCUT2D eigenvalue weighted by Gasteiger charge is -2.16. The van der Waals surface area contributed by atoms with Gasteiger partial charge in [0.05, 0.1) is 18.8 Å². The second-order valence-corrected chi connectivity index (χ2v) is 4.50. The molecule has 112 valence electrons. The summed E-state index contributed by atoms with van der Waals surface area (Å²) in [5.41, 5.74) is -1.78. The molecular formula is C11H15FN2O6. The normalized spacial score (nSPS) is 29.8. The number of aromatic nitrogens is 2. The number of nitrogens with one attached hydrogen (secondary N) is 2. The number of halogens is 1. The van der Waals surface area contributed by atoms with Crippen molar-refractivity contribution in [2.75, 3.05) is 13.3 Å². The van der Waals surface area contributed by atoms with E-state index in [9.17, 15) is 24.2 Å². The van der Waals surface area contributed by atoms with E-state index < -0.39 is 48.9 Å². The van der Waals surface area contributed by atoms with Crippen LogP contribution in [0.15, 0.2) is 9.59 Å². The van der Waals surface area contributed by atoms with Crippen LogP contribution < -0.4 is 11.2 Å². The maximum absolute atomic E-state index is 12.5. The van der Waals surface area contributed by atoms with Crippen molar-refractivity contribution in [1.82, 2.24) is 9.97 Å². The van der Waals surface area contributed by atoms with Crippen LogP contribution in [-0.2, 0) is 11.2 Å². The van der Waals surface area contributed by atoms with E-state index in [2.05, 4.69) is 4.98 Å². The molecule has 20 heavy (non-hydrogen) atoms. The smallest absolute Gasteiger partial charge is 0.325 e. The van der Waals surface area contributed by atoms with Gasteiger partial charge in [-0.05, 0) is 0 Å². The second-order valence-electron chi connectivity index (χ2n) is 4.50. The Labute approximate surface area is 111 Å². The first kappa shape index (κ1) is 14.9. The van der Waals surface area contributed by atoms with Crippen molar-refractivity contribution in [3.63, 3.8) is 0 Å². The third-order valence-electron chi connectivity index (χ3n) is 3.23. The summed E-state index contributed by atoms with van der Waals surface area (Å²) in [7, 11) is 0. The molecule has 9 heteroatoms. The molecule has 0 aromatic carbocycles. The number of alkyl halides is 1. The Morgan fingerprint density at radius 2 is 1.90 bits per heavy atom. The van der Waals surface area contributed by atoms with Crippen molar-refractivity contribution in [2.24, 2.45) is 0 Å². The molecular weight excluding hydrogens is 274 g/mol. The van der Waals surface area contributed by atoms with Gasteiger partial charge in [0, 0.05) is 12.1 Å². The highest BCUT2D eigenvalue weighted by molar-refractivity contribution is 5.23. The molecule has 1 aliphatic rings. The lowest BCUT2D eigenvalue weighted by molar-refractivity contribution is -0.0235. The van der Waals surface area contributed by atoms with Crippen LogP contribution in [0, 0.1) is 0 Å². The summed E-state index contributed by atoms with van der Waals surface area (Å²) in [6, 6.07) is 0. The Hall–Kier alpha value is -1.55. The van der Waals surface area contributed by atoms with Crippen molar-refractivity contribution in [3.05, 3.63) is 32.1 Å². The van der Waals surface area contributed by atoms with Crippen molar-refractivity contribution in [3.8, 4) is 0 Å². The van der Waals surface area contributed by atoms with E-state index >= 15 is 0 Å². The van der Waals surface area contributed by atoms with Gasteiger partial charge in [0.2, 0.25) is 0 Å². The first-order chi connectivity index (χ1) is 9.49. The second kappa shape index (κ2) is 5.83. The maximum Gasteiger partial charge on any atom is 0.325 e. The van der Waals surface area contributed by atoms with E-state index in [1.807, 2.05) is 4.98 Å². The van der Waals surface area contributed by atoms with E-state index in [1.54, 1.807) is 0 Å². The fourth-order valence-corrected chi connectivity index (χ4v) is 2.27. The Bertz CT molecular complexity index is 585. The number of hydrogen-bond acceptors (Lipinski definition) is 6. The largest absolute Gasteiger partial charge is 0.394 e. The van der Waals surface area contributed by atoms with Crippen LogP contribution in [0.4, 0.5) is 4.39 Å². The topological polar surface area (TPSA) is 136 Å². The van der Waals surface area contributed by atoms with Crippen LogP contribution in [0.5, 0.6) is 0 Å². The number of rotatable bonds is 4. The van der Waals surface area contributed by atoms with Gasteiger partial charge in [-0.2, -0.15) is 0 Å². The molecule has 0 aliphatic carbocycles. The highest BCUT2D eigenvalue weighted by Gasteiger charge is 2.45. The van der Waals surface area contributed by atoms with E-state index in [0.717, 1.165) is 0 Å². The molecule has 0 radical (unpaired) electrons. The molecule has 1 fully saturated rings. The molecule has 0 saturated carbocycles. The van der Waals surface area contributed by atoms with Gasteiger partial charge in [0.15, 0.2) is 0 Å². The van der Waals surface area contributed by atoms with Crippen LogP contribution in [0.2, 0.25) is 0 Å². The number of aliphatic hydroxyl groups is 3. The van der Waals surface area contributed by atoms with E-state index in [4.69, 9.17) is 9.84 Å². The minimum atomic E-state index is -1.46. The number of H-pyrrole nitrogens is 2. The first-order valence-electron chi connectivity index (χ1n) is 6.03. The standard InChI is InChI=1S/C11H15FN2O6/c12-2-1-4-6(10(18)14-11(19)13-4)9-8(17)7(16)5(3-15)20-9/h5,7-9,15-17H,1-3H2,(H2,13,14,18,19)/t5-,7-,8+,9?/m1/s1/i12-1. The molecule has 1 unspecified atom stereocenters. The van der Waals surface area contributed by atoms with Crippen LogP contribution >= 0.6 is 0 Å². The molecule has 1 aromatic rings. The minimum absolute atomic E-state index is 0.00362. The molecule has 5 N–H and O–H groups in total. The molecule has 0 spiro atoms. The van der Waals surface area contributed by atoms with Gasteiger partial charge in [0.1, 0.15) is 24.4 Å². The van der Waals surface area contributed by atoms with Gasteiger partial charge >= 0.3 is 5.69 Å². The molecule has 1 aromatic heterocycles. The fourth-order valence-electron chi connectivity index (χ4n) is 2.27. The first-order valence-corrected chi connectivity index (χ1v) is 6.03. The summed E-state index contributed by atoms with van der Waals surface area (Å²) >= 11 is 0. The number of hydrogen-bond donors (Lipinski definition) is 5. The molecule has 8 nitrogen and oxygen atoms in total. The number of aliphatic hydroxyl groups excluding tert-OH is 3. The fraction of sp³-hybridized carbons (Fsp3) is 0.636. The third kappa shape index (κ3) is 2.52. The van der Waals surface area contributed by atoms with Crippen molar-refractivity contribution in [2.45, 2.75) is 30.8 Å². The predicted octanol–water partition coefficient (Wildman–Crippen LogP) is -2.27. The number of aryl methyl sites for hydroxylation is 1. The summed E-state index contributed by atoms with van der Waals surface area (Å²) in [5.74, 6) is 0. The lowest BCUT2D eigenvalue weighted by Crippen LogP contribution is -2.35. The molecule has 4 atom stereocenters. The zero-order chi connectivity index (χ0) is 14.9. The SMILES string of the molecule is O=c1[nH]c(CC[18F])c(C2O[C@H](CO)[C@@H](O)[C@@H]2O)c(=O)[nH]1. The monoisotopic (exact) mass is 289 g/mol. The molecule has 1 aliphatic heterocycles. The summed E-state index contributed by atoms with van der Waals surface area (Å²) in [6.07, 6.45) is -5.38. The van der Waals surface area contributed by atoms with Crippen molar-refractivity contribution < 1.29 is 24.4 Å². The van der Waals surface area contributed by atoms with Crippen LogP contribution in [0.25, 0.3) is 0 Å². The van der Waals surface area contributed by atoms with Gasteiger partial charge < -0.3 is 25.0 Å². The van der Waals surface area contributed by atoms with E-state index in [1.165, 1.54) is 0 Å². The molecule has 2 heterocycles. The Morgan fingerprint density at radius 3 is 2.45 bits per heavy atom. The summed E-state index contributed by atoms with van der Waals surface area (Å²) in [6.45, 7) is -1.37. The van der Waals surface area contributed by atoms with Crippen molar-refractivity contribution in [1.29, 1.82) is 0 Å². The minimum Gasteiger partial charge on any atom is -0.394 e. The predicted molar refractivity (Wildman–Crippen MR) is 64.1 cm³/mol. The summed E-state index contributed by atoms with van der Waals surface area (Å²) in [4.78, 5) is 27.3. The Kier molecular flexibility index (Phi) is 4.33. The van der Waals surface area contributed by atoms with E-state index in [0.29, 0.717) is 0 Å². The zero-order valence-corrected chi connectivity index (χ0v) is 10.4. The van der Waals surface area contributed by atoms with Gasteiger partial charge in [-0.25, -0.2) is 4.79 Å². The maximum atomic E-state index is 12.5. The number of ether oxygens (including phenoxy) is 1. The molecule has 1 saturated heterocycles. The molecule has 0 bridgehead atoms. The van der Waals surface area contributed by atoms with E-state index in [-0.39, 0.29) is 17.7 Å². The Morgan fingerprint density at radius 1 is 1.20 bits per heavy atom. The number of aromatic amines is 2. The molecule has 0 amide bonds.